The number of rotatable bonds is 2. The molecule has 12 heavy (non-hydrogen) atoms. The van der Waals surface area contributed by atoms with E-state index in [1.807, 2.05) is 0 Å². The van der Waals surface area contributed by atoms with E-state index in [2.05, 4.69) is 29.5 Å². The van der Waals surface area contributed by atoms with Crippen LogP contribution in [0.25, 0.3) is 0 Å². The largest absolute Gasteiger partial charge is 0.308 e. The van der Waals surface area contributed by atoms with E-state index in [0.29, 0.717) is 12.0 Å². The quantitative estimate of drug-likeness (QED) is 0.759. The molecule has 3 heteroatoms. The summed E-state index contributed by atoms with van der Waals surface area (Å²) in [5, 5.41) is 6.81. The lowest BCUT2D eigenvalue weighted by Crippen LogP contribution is -2.35. The first-order valence-electron chi connectivity index (χ1n) is 4.46. The number of aromatic nitrogens is 1. The molecule has 0 aliphatic carbocycles. The fourth-order valence-electron chi connectivity index (χ4n) is 1.27. The minimum atomic E-state index is 0.550. The number of hydrogen-bond donors (Lipinski definition) is 1. The van der Waals surface area contributed by atoms with Gasteiger partial charge in [0.15, 0.2) is 0 Å². The summed E-state index contributed by atoms with van der Waals surface area (Å²) < 4.78 is 0. The summed E-state index contributed by atoms with van der Waals surface area (Å²) in [5.41, 5.74) is 1.25. The van der Waals surface area contributed by atoms with Crippen molar-refractivity contribution in [2.24, 2.45) is 0 Å². The second kappa shape index (κ2) is 3.15. The number of nitrogens with zero attached hydrogens (tertiary/aromatic N) is 1. The van der Waals surface area contributed by atoms with Crippen molar-refractivity contribution >= 4 is 11.3 Å². The van der Waals surface area contributed by atoms with Crippen molar-refractivity contribution < 1.29 is 0 Å². The Morgan fingerprint density at radius 1 is 1.67 bits per heavy atom. The topological polar surface area (TPSA) is 24.9 Å². The van der Waals surface area contributed by atoms with Crippen LogP contribution < -0.4 is 5.32 Å². The summed E-state index contributed by atoms with van der Waals surface area (Å²) in [6.45, 7) is 5.53. The lowest BCUT2D eigenvalue weighted by molar-refractivity contribution is 0.376. The zero-order valence-electron chi connectivity index (χ0n) is 7.50. The van der Waals surface area contributed by atoms with Crippen LogP contribution in [0.5, 0.6) is 0 Å². The van der Waals surface area contributed by atoms with Crippen molar-refractivity contribution in [2.45, 2.75) is 32.2 Å². The fourth-order valence-corrected chi connectivity index (χ4v) is 2.16. The normalized spacial score (nSPS) is 22.8. The molecule has 1 N–H and O–H groups in total. The predicted octanol–water partition coefficient (Wildman–Crippen LogP) is 2.30. The van der Waals surface area contributed by atoms with E-state index >= 15 is 0 Å². The van der Waals surface area contributed by atoms with Crippen molar-refractivity contribution in [2.75, 3.05) is 6.54 Å². The Labute approximate surface area is 77.0 Å². The van der Waals surface area contributed by atoms with E-state index in [9.17, 15) is 0 Å². The van der Waals surface area contributed by atoms with Crippen LogP contribution in [0.1, 0.15) is 42.9 Å². The zero-order valence-corrected chi connectivity index (χ0v) is 8.32. The van der Waals surface area contributed by atoms with E-state index in [0.717, 1.165) is 6.54 Å². The summed E-state index contributed by atoms with van der Waals surface area (Å²) in [5.74, 6) is 0.573. The number of thiazole rings is 1. The SMILES string of the molecule is CC(C)c1nc(C2CCN2)cs1. The maximum atomic E-state index is 4.59. The molecule has 1 saturated heterocycles. The molecule has 66 valence electrons. The molecular weight excluding hydrogens is 168 g/mol. The monoisotopic (exact) mass is 182 g/mol. The Morgan fingerprint density at radius 2 is 2.42 bits per heavy atom. The van der Waals surface area contributed by atoms with Gasteiger partial charge in [-0.2, -0.15) is 0 Å². The molecule has 1 atom stereocenters. The first-order chi connectivity index (χ1) is 5.77. The predicted molar refractivity (Wildman–Crippen MR) is 51.6 cm³/mol. The highest BCUT2D eigenvalue weighted by molar-refractivity contribution is 7.09. The maximum Gasteiger partial charge on any atom is 0.0954 e. The zero-order chi connectivity index (χ0) is 8.55. The molecule has 0 bridgehead atoms. The molecule has 0 amide bonds. The smallest absolute Gasteiger partial charge is 0.0954 e. The maximum absolute atomic E-state index is 4.59. The highest BCUT2D eigenvalue weighted by Crippen LogP contribution is 2.27. The van der Waals surface area contributed by atoms with Gasteiger partial charge in [0.1, 0.15) is 0 Å². The van der Waals surface area contributed by atoms with Crippen LogP contribution in [0.3, 0.4) is 0 Å². The summed E-state index contributed by atoms with van der Waals surface area (Å²) in [7, 11) is 0. The molecule has 0 spiro atoms. The van der Waals surface area contributed by atoms with Crippen LogP contribution in [-0.4, -0.2) is 11.5 Å². The molecule has 1 aromatic heterocycles. The third-order valence-electron chi connectivity index (χ3n) is 2.21. The molecule has 0 radical (unpaired) electrons. The van der Waals surface area contributed by atoms with Crippen molar-refractivity contribution in [3.8, 4) is 0 Å². The van der Waals surface area contributed by atoms with E-state index in [4.69, 9.17) is 0 Å². The average Bonchev–Trinajstić information content (AvgIpc) is 2.32. The van der Waals surface area contributed by atoms with Crippen LogP contribution in [-0.2, 0) is 0 Å². The van der Waals surface area contributed by atoms with Gasteiger partial charge in [0, 0.05) is 11.3 Å². The summed E-state index contributed by atoms with van der Waals surface area (Å²) in [6, 6.07) is 0.550. The van der Waals surface area contributed by atoms with Gasteiger partial charge in [-0.15, -0.1) is 11.3 Å². The van der Waals surface area contributed by atoms with Crippen LogP contribution >= 0.6 is 11.3 Å². The molecule has 1 aliphatic heterocycles. The van der Waals surface area contributed by atoms with E-state index in [1.54, 1.807) is 11.3 Å². The van der Waals surface area contributed by atoms with Gasteiger partial charge in [-0.1, -0.05) is 13.8 Å². The lowest BCUT2D eigenvalue weighted by Gasteiger charge is -2.25. The number of nitrogens with one attached hydrogen (secondary N) is 1. The highest BCUT2D eigenvalue weighted by atomic mass is 32.1. The molecule has 0 saturated carbocycles. The Hall–Kier alpha value is -0.410. The molecule has 1 aromatic rings. The molecule has 2 rings (SSSR count). The highest BCUT2D eigenvalue weighted by Gasteiger charge is 2.21. The molecule has 0 aromatic carbocycles. The standard InChI is InChI=1S/C9H14N2S/c1-6(2)9-11-8(5-12-9)7-3-4-10-7/h5-7,10H,3-4H2,1-2H3. The minimum absolute atomic E-state index is 0.550. The fraction of sp³-hybridized carbons (Fsp3) is 0.667. The van der Waals surface area contributed by atoms with Gasteiger partial charge in [0.05, 0.1) is 16.7 Å². The van der Waals surface area contributed by atoms with Crippen molar-refractivity contribution in [3.63, 3.8) is 0 Å². The van der Waals surface area contributed by atoms with Gasteiger partial charge in [-0.05, 0) is 13.0 Å². The molecule has 1 fully saturated rings. The molecular formula is C9H14N2S. The average molecular weight is 182 g/mol. The molecule has 1 aliphatic rings. The van der Waals surface area contributed by atoms with Crippen molar-refractivity contribution in [1.82, 2.24) is 10.3 Å². The van der Waals surface area contributed by atoms with Crippen LogP contribution in [0.15, 0.2) is 5.38 Å². The van der Waals surface area contributed by atoms with E-state index in [1.165, 1.54) is 17.1 Å². The Kier molecular flexibility index (Phi) is 2.15. The second-order valence-corrected chi connectivity index (χ2v) is 4.45. The second-order valence-electron chi connectivity index (χ2n) is 3.56. The Bertz CT molecular complexity index is 263. The third-order valence-corrected chi connectivity index (χ3v) is 3.38. The molecule has 2 nitrogen and oxygen atoms in total. The van der Waals surface area contributed by atoms with Gasteiger partial charge >= 0.3 is 0 Å². The van der Waals surface area contributed by atoms with Gasteiger partial charge < -0.3 is 5.32 Å². The summed E-state index contributed by atoms with van der Waals surface area (Å²) >= 11 is 1.78. The van der Waals surface area contributed by atoms with E-state index < -0.39 is 0 Å². The lowest BCUT2D eigenvalue weighted by atomic mass is 10.1. The van der Waals surface area contributed by atoms with Crippen LogP contribution in [0.4, 0.5) is 0 Å². The van der Waals surface area contributed by atoms with Crippen LogP contribution in [0.2, 0.25) is 0 Å². The van der Waals surface area contributed by atoms with E-state index in [-0.39, 0.29) is 0 Å². The van der Waals surface area contributed by atoms with Crippen molar-refractivity contribution in [1.29, 1.82) is 0 Å². The number of hydrogen-bond acceptors (Lipinski definition) is 3. The molecule has 1 unspecified atom stereocenters. The summed E-state index contributed by atoms with van der Waals surface area (Å²) in [4.78, 5) is 4.59. The van der Waals surface area contributed by atoms with Gasteiger partial charge in [0.2, 0.25) is 0 Å². The van der Waals surface area contributed by atoms with Gasteiger partial charge in [-0.3, -0.25) is 0 Å². The van der Waals surface area contributed by atoms with Crippen molar-refractivity contribution in [3.05, 3.63) is 16.1 Å². The first kappa shape index (κ1) is 8.20. The Morgan fingerprint density at radius 3 is 2.83 bits per heavy atom. The summed E-state index contributed by atoms with van der Waals surface area (Å²) in [6.07, 6.45) is 1.25. The van der Waals surface area contributed by atoms with Crippen LogP contribution in [0, 0.1) is 0 Å². The first-order valence-corrected chi connectivity index (χ1v) is 5.34. The minimum Gasteiger partial charge on any atom is -0.308 e. The molecule has 2 heterocycles. The van der Waals surface area contributed by atoms with Gasteiger partial charge in [0.25, 0.3) is 0 Å². The third kappa shape index (κ3) is 1.39. The Balaban J connectivity index is 2.12. The van der Waals surface area contributed by atoms with Gasteiger partial charge in [-0.25, -0.2) is 4.98 Å².